The average molecular weight is 297 g/mol. The maximum atomic E-state index is 12.6. The summed E-state index contributed by atoms with van der Waals surface area (Å²) >= 11 is 0. The number of para-hydroxylation sites is 2. The number of rotatable bonds is 2. The lowest BCUT2D eigenvalue weighted by Gasteiger charge is -2.37. The molecule has 0 spiro atoms. The Hall–Kier alpha value is -3.02. The second kappa shape index (κ2) is 5.40. The maximum Gasteiger partial charge on any atom is 0.276 e. The van der Waals surface area contributed by atoms with Gasteiger partial charge in [0.25, 0.3) is 5.91 Å². The van der Waals surface area contributed by atoms with Crippen LogP contribution in [0.25, 0.3) is 0 Å². The van der Waals surface area contributed by atoms with E-state index in [1.54, 1.807) is 36.4 Å². The third-order valence-corrected chi connectivity index (χ3v) is 3.44. The molecule has 1 aliphatic heterocycles. The molecule has 1 aliphatic rings. The Morgan fingerprint density at radius 3 is 2.59 bits per heavy atom. The van der Waals surface area contributed by atoms with Crippen LogP contribution < -0.4 is 10.7 Å². The number of phenols is 1. The van der Waals surface area contributed by atoms with Crippen molar-refractivity contribution in [3.05, 3.63) is 59.7 Å². The van der Waals surface area contributed by atoms with Crippen LogP contribution in [0, 0.1) is 0 Å². The number of aromatic hydroxyl groups is 1. The molecule has 2 amide bonds. The molecule has 112 valence electrons. The second-order valence-electron chi connectivity index (χ2n) is 4.99. The summed E-state index contributed by atoms with van der Waals surface area (Å²) in [7, 11) is 0. The van der Waals surface area contributed by atoms with E-state index in [2.05, 4.69) is 10.7 Å². The van der Waals surface area contributed by atoms with Gasteiger partial charge in [-0.1, -0.05) is 30.3 Å². The van der Waals surface area contributed by atoms with E-state index < -0.39 is 6.17 Å². The molecule has 6 nitrogen and oxygen atoms in total. The molecular formula is C16H15N3O3. The largest absolute Gasteiger partial charge is 0.508 e. The van der Waals surface area contributed by atoms with Crippen LogP contribution >= 0.6 is 0 Å². The van der Waals surface area contributed by atoms with E-state index in [-0.39, 0.29) is 17.6 Å². The summed E-state index contributed by atoms with van der Waals surface area (Å²) in [6.45, 7) is 1.33. The first-order valence-corrected chi connectivity index (χ1v) is 6.82. The monoisotopic (exact) mass is 297 g/mol. The van der Waals surface area contributed by atoms with Crippen molar-refractivity contribution in [2.45, 2.75) is 13.1 Å². The lowest BCUT2D eigenvalue weighted by atomic mass is 10.0. The molecule has 3 rings (SSSR count). The molecule has 0 saturated carbocycles. The predicted molar refractivity (Wildman–Crippen MR) is 80.9 cm³/mol. The molecule has 0 fully saturated rings. The number of anilines is 1. The molecule has 0 saturated heterocycles. The molecule has 0 aromatic heterocycles. The van der Waals surface area contributed by atoms with Crippen molar-refractivity contribution in [1.82, 2.24) is 10.4 Å². The number of hydrogen-bond donors (Lipinski definition) is 3. The first kappa shape index (κ1) is 13.9. The predicted octanol–water partition coefficient (Wildman–Crippen LogP) is 2.01. The number of amides is 2. The normalized spacial score (nSPS) is 16.7. The quantitative estimate of drug-likeness (QED) is 0.792. The summed E-state index contributed by atoms with van der Waals surface area (Å²) in [6.07, 6.45) is -0.688. The zero-order valence-electron chi connectivity index (χ0n) is 11.9. The van der Waals surface area contributed by atoms with Crippen LogP contribution in [0.2, 0.25) is 0 Å². The van der Waals surface area contributed by atoms with Crippen LogP contribution in [0.1, 0.15) is 29.0 Å². The van der Waals surface area contributed by atoms with Crippen molar-refractivity contribution in [2.24, 2.45) is 0 Å². The van der Waals surface area contributed by atoms with Gasteiger partial charge in [-0.25, -0.2) is 5.01 Å². The third-order valence-electron chi connectivity index (χ3n) is 3.44. The standard InChI is InChI=1S/C16H15N3O3/c1-10(20)18-19-15(12-7-3-5-9-14(12)21)17-13-8-4-2-6-11(13)16(19)22/h2-9,15,17,21H,1H3,(H,18,20)/t15-/m0/s1. The minimum atomic E-state index is -0.688. The number of benzene rings is 2. The minimum Gasteiger partial charge on any atom is -0.508 e. The lowest BCUT2D eigenvalue weighted by Crippen LogP contribution is -2.52. The maximum absolute atomic E-state index is 12.6. The number of hydrogen-bond acceptors (Lipinski definition) is 4. The minimum absolute atomic E-state index is 0.0440. The zero-order chi connectivity index (χ0) is 15.7. The fourth-order valence-electron chi connectivity index (χ4n) is 2.47. The topological polar surface area (TPSA) is 81.7 Å². The Morgan fingerprint density at radius 2 is 1.86 bits per heavy atom. The van der Waals surface area contributed by atoms with Gasteiger partial charge in [-0.3, -0.25) is 15.0 Å². The van der Waals surface area contributed by atoms with Crippen LogP contribution in [0.15, 0.2) is 48.5 Å². The van der Waals surface area contributed by atoms with E-state index in [0.29, 0.717) is 16.8 Å². The van der Waals surface area contributed by atoms with Crippen molar-refractivity contribution in [3.8, 4) is 5.75 Å². The van der Waals surface area contributed by atoms with Gasteiger partial charge in [0.15, 0.2) is 6.17 Å². The SMILES string of the molecule is CC(=O)NN1C(=O)c2ccccc2N[C@@H]1c1ccccc1O. The average Bonchev–Trinajstić information content (AvgIpc) is 2.50. The van der Waals surface area contributed by atoms with E-state index in [1.165, 1.54) is 18.0 Å². The summed E-state index contributed by atoms with van der Waals surface area (Å²) in [5.41, 5.74) is 4.13. The molecule has 3 N–H and O–H groups in total. The highest BCUT2D eigenvalue weighted by Gasteiger charge is 2.34. The first-order chi connectivity index (χ1) is 10.6. The highest BCUT2D eigenvalue weighted by molar-refractivity contribution is 6.02. The van der Waals surface area contributed by atoms with E-state index in [9.17, 15) is 14.7 Å². The number of carbonyl (C=O) groups excluding carboxylic acids is 2. The summed E-state index contributed by atoms with van der Waals surface area (Å²) in [4.78, 5) is 24.1. The van der Waals surface area contributed by atoms with Crippen LogP contribution in [-0.4, -0.2) is 21.9 Å². The van der Waals surface area contributed by atoms with Gasteiger partial charge in [0.2, 0.25) is 5.91 Å². The third kappa shape index (κ3) is 2.35. The van der Waals surface area contributed by atoms with Crippen molar-refractivity contribution in [2.75, 3.05) is 5.32 Å². The highest BCUT2D eigenvalue weighted by Crippen LogP contribution is 2.35. The summed E-state index contributed by atoms with van der Waals surface area (Å²) in [5.74, 6) is -0.657. The first-order valence-electron chi connectivity index (χ1n) is 6.82. The van der Waals surface area contributed by atoms with Crippen molar-refractivity contribution < 1.29 is 14.7 Å². The van der Waals surface area contributed by atoms with Crippen LogP contribution in [0.4, 0.5) is 5.69 Å². The Balaban J connectivity index is 2.09. The summed E-state index contributed by atoms with van der Waals surface area (Å²) in [6, 6.07) is 13.7. The molecule has 0 bridgehead atoms. The van der Waals surface area contributed by atoms with Crippen molar-refractivity contribution in [1.29, 1.82) is 0 Å². The van der Waals surface area contributed by atoms with E-state index in [0.717, 1.165) is 0 Å². The lowest BCUT2D eigenvalue weighted by molar-refractivity contribution is -0.123. The number of nitrogens with zero attached hydrogens (tertiary/aromatic N) is 1. The molecule has 6 heteroatoms. The van der Waals surface area contributed by atoms with Crippen LogP contribution in [0.5, 0.6) is 5.75 Å². The molecule has 1 heterocycles. The molecule has 2 aromatic carbocycles. The molecule has 2 aromatic rings. The Labute approximate surface area is 127 Å². The van der Waals surface area contributed by atoms with E-state index in [1.807, 2.05) is 6.07 Å². The Kier molecular flexibility index (Phi) is 3.42. The molecule has 1 atom stereocenters. The molecule has 0 radical (unpaired) electrons. The van der Waals surface area contributed by atoms with Gasteiger partial charge in [0.05, 0.1) is 5.56 Å². The van der Waals surface area contributed by atoms with Crippen LogP contribution in [-0.2, 0) is 4.79 Å². The van der Waals surface area contributed by atoms with Crippen molar-refractivity contribution >= 4 is 17.5 Å². The molecular weight excluding hydrogens is 282 g/mol. The fourth-order valence-corrected chi connectivity index (χ4v) is 2.47. The molecule has 0 unspecified atom stereocenters. The molecule has 22 heavy (non-hydrogen) atoms. The zero-order valence-corrected chi connectivity index (χ0v) is 11.9. The fraction of sp³-hybridized carbons (Fsp3) is 0.125. The van der Waals surface area contributed by atoms with Gasteiger partial charge in [-0.15, -0.1) is 0 Å². The van der Waals surface area contributed by atoms with E-state index >= 15 is 0 Å². The number of carbonyl (C=O) groups is 2. The Morgan fingerprint density at radius 1 is 1.18 bits per heavy atom. The summed E-state index contributed by atoms with van der Waals surface area (Å²) < 4.78 is 0. The van der Waals surface area contributed by atoms with Gasteiger partial charge in [0, 0.05) is 18.2 Å². The highest BCUT2D eigenvalue weighted by atomic mass is 16.3. The number of nitrogens with one attached hydrogen (secondary N) is 2. The van der Waals surface area contributed by atoms with Gasteiger partial charge < -0.3 is 10.4 Å². The second-order valence-corrected chi connectivity index (χ2v) is 4.99. The smallest absolute Gasteiger partial charge is 0.276 e. The molecule has 0 aliphatic carbocycles. The van der Waals surface area contributed by atoms with Gasteiger partial charge in [-0.2, -0.15) is 0 Å². The van der Waals surface area contributed by atoms with Gasteiger partial charge >= 0.3 is 0 Å². The number of hydrazine groups is 1. The van der Waals surface area contributed by atoms with Crippen LogP contribution in [0.3, 0.4) is 0 Å². The van der Waals surface area contributed by atoms with Gasteiger partial charge in [-0.05, 0) is 18.2 Å². The van der Waals surface area contributed by atoms with Crippen molar-refractivity contribution in [3.63, 3.8) is 0 Å². The van der Waals surface area contributed by atoms with Gasteiger partial charge in [0.1, 0.15) is 5.75 Å². The van der Waals surface area contributed by atoms with E-state index in [4.69, 9.17) is 0 Å². The Bertz CT molecular complexity index is 745. The number of phenolic OH excluding ortho intramolecular Hbond substituents is 1. The summed E-state index contributed by atoms with van der Waals surface area (Å²) in [5, 5.41) is 14.4. The number of fused-ring (bicyclic) bond motifs is 1.